The van der Waals surface area contributed by atoms with Crippen molar-refractivity contribution in [1.82, 2.24) is 4.98 Å². The second kappa shape index (κ2) is 5.55. The summed E-state index contributed by atoms with van der Waals surface area (Å²) in [6.07, 6.45) is 1.76. The Morgan fingerprint density at radius 3 is 2.58 bits per heavy atom. The van der Waals surface area contributed by atoms with Crippen LogP contribution in [0.15, 0.2) is 46.2 Å². The molecule has 0 spiro atoms. The van der Waals surface area contributed by atoms with Crippen LogP contribution in [0.25, 0.3) is 0 Å². The molecule has 0 aliphatic rings. The fraction of sp³-hybridized carbons (Fsp3) is 0.0714. The van der Waals surface area contributed by atoms with Crippen molar-refractivity contribution in [1.29, 1.82) is 5.26 Å². The molecule has 0 amide bonds. The van der Waals surface area contributed by atoms with Crippen LogP contribution in [0.1, 0.15) is 21.5 Å². The molecule has 0 aliphatic carbocycles. The molecule has 4 nitrogen and oxygen atoms in total. The van der Waals surface area contributed by atoms with Gasteiger partial charge in [0.2, 0.25) is 0 Å². The Hall–Kier alpha value is -2.32. The fourth-order valence-corrected chi connectivity index (χ4v) is 2.24. The molecule has 0 saturated carbocycles. The first-order valence-electron chi connectivity index (χ1n) is 5.48. The van der Waals surface area contributed by atoms with Gasteiger partial charge in [0.1, 0.15) is 11.6 Å². The van der Waals surface area contributed by atoms with Gasteiger partial charge in [-0.05, 0) is 12.3 Å². The van der Waals surface area contributed by atoms with Gasteiger partial charge >= 0.3 is 0 Å². The van der Waals surface area contributed by atoms with E-state index in [4.69, 9.17) is 5.26 Å². The first-order valence-corrected chi connectivity index (χ1v) is 6.71. The number of nitrogens with one attached hydrogen (secondary N) is 1. The molecule has 1 heterocycles. The molecule has 0 aliphatic heterocycles. The van der Waals surface area contributed by atoms with Gasteiger partial charge in [0.15, 0.2) is 5.78 Å². The molecule has 0 atom stereocenters. The van der Waals surface area contributed by atoms with Gasteiger partial charge in [-0.3, -0.25) is 9.59 Å². The molecule has 19 heavy (non-hydrogen) atoms. The van der Waals surface area contributed by atoms with Crippen molar-refractivity contribution in [2.45, 2.75) is 5.03 Å². The van der Waals surface area contributed by atoms with Crippen LogP contribution in [0.5, 0.6) is 0 Å². The predicted octanol–water partition coefficient (Wildman–Crippen LogP) is 2.20. The average molecular weight is 270 g/mol. The lowest BCUT2D eigenvalue weighted by Gasteiger charge is -2.06. The van der Waals surface area contributed by atoms with E-state index in [1.807, 2.05) is 6.07 Å². The minimum absolute atomic E-state index is 0.0583. The molecular weight excluding hydrogens is 260 g/mol. The summed E-state index contributed by atoms with van der Waals surface area (Å²) in [6, 6.07) is 11.9. The number of ketones is 1. The average Bonchev–Trinajstić information content (AvgIpc) is 2.47. The zero-order valence-electron chi connectivity index (χ0n) is 10.1. The molecule has 0 fully saturated rings. The Balaban J connectivity index is 2.59. The van der Waals surface area contributed by atoms with Gasteiger partial charge in [-0.15, -0.1) is 11.8 Å². The van der Waals surface area contributed by atoms with Crippen LogP contribution in [-0.2, 0) is 0 Å². The van der Waals surface area contributed by atoms with Crippen molar-refractivity contribution in [2.75, 3.05) is 6.26 Å². The van der Waals surface area contributed by atoms with Crippen LogP contribution in [0, 0.1) is 11.3 Å². The summed E-state index contributed by atoms with van der Waals surface area (Å²) in [6.45, 7) is 0. The number of benzene rings is 1. The van der Waals surface area contributed by atoms with Gasteiger partial charge < -0.3 is 4.98 Å². The number of hydrogen-bond acceptors (Lipinski definition) is 4. The van der Waals surface area contributed by atoms with Crippen molar-refractivity contribution >= 4 is 17.5 Å². The minimum atomic E-state index is -0.475. The number of aromatic nitrogens is 1. The number of carbonyl (C=O) groups is 1. The predicted molar refractivity (Wildman–Crippen MR) is 73.4 cm³/mol. The summed E-state index contributed by atoms with van der Waals surface area (Å²) in [7, 11) is 0. The van der Waals surface area contributed by atoms with E-state index in [1.54, 1.807) is 36.6 Å². The van der Waals surface area contributed by atoms with Crippen LogP contribution in [0.3, 0.4) is 0 Å². The third-order valence-electron chi connectivity index (χ3n) is 2.61. The molecule has 1 N–H and O–H groups in total. The Kier molecular flexibility index (Phi) is 3.83. The van der Waals surface area contributed by atoms with Crippen LogP contribution < -0.4 is 5.56 Å². The molecule has 0 saturated heterocycles. The topological polar surface area (TPSA) is 73.7 Å². The monoisotopic (exact) mass is 270 g/mol. The van der Waals surface area contributed by atoms with Crippen molar-refractivity contribution in [3.05, 3.63) is 63.4 Å². The maximum Gasteiger partial charge on any atom is 0.266 e. The quantitative estimate of drug-likeness (QED) is 0.685. The maximum atomic E-state index is 12.4. The fourth-order valence-electron chi connectivity index (χ4n) is 1.67. The van der Waals surface area contributed by atoms with E-state index in [-0.39, 0.29) is 11.3 Å². The molecule has 1 aromatic heterocycles. The lowest BCUT2D eigenvalue weighted by Crippen LogP contribution is -2.15. The molecule has 0 bridgehead atoms. The molecule has 2 aromatic rings. The Bertz CT molecular complexity index is 714. The van der Waals surface area contributed by atoms with Gasteiger partial charge in [0.05, 0.1) is 10.6 Å². The Labute approximate surface area is 114 Å². The summed E-state index contributed by atoms with van der Waals surface area (Å²) < 4.78 is 0. The zero-order valence-corrected chi connectivity index (χ0v) is 11.0. The second-order valence-corrected chi connectivity index (χ2v) is 4.58. The molecule has 0 unspecified atom stereocenters. The summed E-state index contributed by atoms with van der Waals surface area (Å²) in [5.74, 6) is -0.210. The van der Waals surface area contributed by atoms with E-state index in [0.717, 1.165) is 0 Å². The molecule has 5 heteroatoms. The SMILES string of the molecule is CSc1[nH]c(=O)c(C#N)cc1C(=O)c1ccccc1. The van der Waals surface area contributed by atoms with Crippen LogP contribution in [0.2, 0.25) is 0 Å². The lowest BCUT2D eigenvalue weighted by atomic mass is 10.0. The highest BCUT2D eigenvalue weighted by Gasteiger charge is 2.16. The number of carbonyl (C=O) groups excluding carboxylic acids is 1. The van der Waals surface area contributed by atoms with Crippen molar-refractivity contribution in [3.63, 3.8) is 0 Å². The van der Waals surface area contributed by atoms with E-state index in [0.29, 0.717) is 16.2 Å². The molecule has 2 rings (SSSR count). The van der Waals surface area contributed by atoms with E-state index < -0.39 is 5.56 Å². The van der Waals surface area contributed by atoms with Crippen molar-refractivity contribution in [2.24, 2.45) is 0 Å². The summed E-state index contributed by atoms with van der Waals surface area (Å²) >= 11 is 1.27. The van der Waals surface area contributed by atoms with E-state index in [1.165, 1.54) is 17.8 Å². The first-order chi connectivity index (χ1) is 9.17. The van der Waals surface area contributed by atoms with Crippen LogP contribution >= 0.6 is 11.8 Å². The van der Waals surface area contributed by atoms with E-state index >= 15 is 0 Å². The number of hydrogen-bond donors (Lipinski definition) is 1. The summed E-state index contributed by atoms with van der Waals surface area (Å²) in [4.78, 5) is 26.5. The van der Waals surface area contributed by atoms with Crippen molar-refractivity contribution in [3.8, 4) is 6.07 Å². The Morgan fingerprint density at radius 1 is 1.32 bits per heavy atom. The van der Waals surface area contributed by atoms with E-state index in [9.17, 15) is 9.59 Å². The standard InChI is InChI=1S/C14H10N2O2S/c1-19-14-11(7-10(8-15)13(18)16-14)12(17)9-5-3-2-4-6-9/h2-7H,1H3,(H,16,18). The lowest BCUT2D eigenvalue weighted by molar-refractivity contribution is 0.103. The number of H-pyrrole nitrogens is 1. The van der Waals surface area contributed by atoms with Gasteiger partial charge in [0, 0.05) is 5.56 Å². The molecular formula is C14H10N2O2S. The maximum absolute atomic E-state index is 12.4. The largest absolute Gasteiger partial charge is 0.315 e. The first kappa shape index (κ1) is 13.1. The van der Waals surface area contributed by atoms with Gasteiger partial charge in [-0.2, -0.15) is 5.26 Å². The smallest absolute Gasteiger partial charge is 0.266 e. The molecule has 94 valence electrons. The van der Waals surface area contributed by atoms with Gasteiger partial charge in [0.25, 0.3) is 5.56 Å². The second-order valence-electron chi connectivity index (χ2n) is 3.77. The van der Waals surface area contributed by atoms with Gasteiger partial charge in [-0.25, -0.2) is 0 Å². The highest BCUT2D eigenvalue weighted by Crippen LogP contribution is 2.20. The van der Waals surface area contributed by atoms with Crippen LogP contribution in [0.4, 0.5) is 0 Å². The summed E-state index contributed by atoms with van der Waals surface area (Å²) in [5.41, 5.74) is 0.331. The third kappa shape index (κ3) is 2.59. The number of nitrogens with zero attached hydrogens (tertiary/aromatic N) is 1. The highest BCUT2D eigenvalue weighted by molar-refractivity contribution is 7.98. The normalized spacial score (nSPS) is 9.89. The number of thioether (sulfide) groups is 1. The highest BCUT2D eigenvalue weighted by atomic mass is 32.2. The van der Waals surface area contributed by atoms with E-state index in [2.05, 4.69) is 4.98 Å². The minimum Gasteiger partial charge on any atom is -0.315 e. The zero-order chi connectivity index (χ0) is 13.8. The Morgan fingerprint density at radius 2 is 2.00 bits per heavy atom. The van der Waals surface area contributed by atoms with Crippen molar-refractivity contribution < 1.29 is 4.79 Å². The number of rotatable bonds is 3. The van der Waals surface area contributed by atoms with Crippen LogP contribution in [-0.4, -0.2) is 17.0 Å². The number of nitriles is 1. The molecule has 1 aromatic carbocycles. The third-order valence-corrected chi connectivity index (χ3v) is 3.34. The van der Waals surface area contributed by atoms with Gasteiger partial charge in [-0.1, -0.05) is 30.3 Å². The molecule has 0 radical (unpaired) electrons. The summed E-state index contributed by atoms with van der Waals surface area (Å²) in [5, 5.41) is 9.34. The number of pyridine rings is 1. The number of aromatic amines is 1.